The number of aliphatic hydroxyl groups excluding tert-OH is 1. The second-order valence-electron chi connectivity index (χ2n) is 8.72. The third-order valence-corrected chi connectivity index (χ3v) is 6.77. The van der Waals surface area contributed by atoms with Crippen molar-refractivity contribution in [1.82, 2.24) is 14.4 Å². The molecule has 4 atom stereocenters. The van der Waals surface area contributed by atoms with Crippen LogP contribution in [0.15, 0.2) is 53.3 Å². The van der Waals surface area contributed by atoms with Crippen molar-refractivity contribution in [2.75, 3.05) is 27.2 Å². The SMILES string of the molecule is CC=Cc1ccc2n(c1=O)C[C@@H]1[C@@H](CO)[C@H](C(=O)N(C)C)[C@H]2N1CCc1ccccc1. The van der Waals surface area contributed by atoms with Crippen LogP contribution in [0.2, 0.25) is 0 Å². The maximum absolute atomic E-state index is 13.2. The molecule has 0 saturated carbocycles. The molecule has 6 nitrogen and oxygen atoms in total. The smallest absolute Gasteiger partial charge is 0.258 e. The zero-order valence-corrected chi connectivity index (χ0v) is 18.4. The molecule has 1 saturated heterocycles. The highest BCUT2D eigenvalue weighted by Gasteiger charge is 2.55. The normalized spacial score (nSPS) is 25.0. The molecule has 0 unspecified atom stereocenters. The monoisotopic (exact) mass is 421 g/mol. The van der Waals surface area contributed by atoms with Crippen LogP contribution in [0.1, 0.15) is 29.8 Å². The Morgan fingerprint density at radius 1 is 1.19 bits per heavy atom. The number of hydrogen-bond acceptors (Lipinski definition) is 4. The summed E-state index contributed by atoms with van der Waals surface area (Å²) in [5.74, 6) is -0.573. The molecule has 31 heavy (non-hydrogen) atoms. The van der Waals surface area contributed by atoms with Crippen LogP contribution in [0.25, 0.3) is 6.08 Å². The van der Waals surface area contributed by atoms with E-state index in [-0.39, 0.29) is 42.0 Å². The minimum Gasteiger partial charge on any atom is -0.396 e. The second-order valence-corrected chi connectivity index (χ2v) is 8.72. The van der Waals surface area contributed by atoms with Gasteiger partial charge >= 0.3 is 0 Å². The van der Waals surface area contributed by atoms with E-state index in [1.54, 1.807) is 19.0 Å². The molecule has 6 heteroatoms. The molecular weight excluding hydrogens is 390 g/mol. The van der Waals surface area contributed by atoms with E-state index in [9.17, 15) is 14.7 Å². The van der Waals surface area contributed by atoms with Crippen molar-refractivity contribution in [3.63, 3.8) is 0 Å². The molecule has 0 radical (unpaired) electrons. The number of hydrogen-bond donors (Lipinski definition) is 1. The van der Waals surface area contributed by atoms with E-state index in [0.29, 0.717) is 12.1 Å². The average molecular weight is 422 g/mol. The number of amides is 1. The highest BCUT2D eigenvalue weighted by Crippen LogP contribution is 2.48. The minimum absolute atomic E-state index is 0.00897. The van der Waals surface area contributed by atoms with E-state index in [1.807, 2.05) is 54.0 Å². The molecule has 2 aliphatic heterocycles. The lowest BCUT2D eigenvalue weighted by molar-refractivity contribution is -0.135. The first-order chi connectivity index (χ1) is 15.0. The number of allylic oxidation sites excluding steroid dienone is 1. The summed E-state index contributed by atoms with van der Waals surface area (Å²) < 4.78 is 1.83. The molecule has 1 aromatic heterocycles. The van der Waals surface area contributed by atoms with Gasteiger partial charge in [0.2, 0.25) is 5.91 Å². The molecule has 2 aliphatic rings. The average Bonchev–Trinajstić information content (AvgIpc) is 2.99. The molecule has 2 bridgehead atoms. The Hall–Kier alpha value is -2.70. The molecule has 164 valence electrons. The Bertz CT molecular complexity index is 1030. The summed E-state index contributed by atoms with van der Waals surface area (Å²) in [5.41, 5.74) is 2.74. The molecule has 2 aromatic rings. The van der Waals surface area contributed by atoms with Gasteiger partial charge in [0.25, 0.3) is 5.56 Å². The lowest BCUT2D eigenvalue weighted by atomic mass is 9.86. The lowest BCUT2D eigenvalue weighted by Gasteiger charge is -2.38. The third-order valence-electron chi connectivity index (χ3n) is 6.77. The topological polar surface area (TPSA) is 65.8 Å². The van der Waals surface area contributed by atoms with Crippen molar-refractivity contribution in [2.45, 2.75) is 32.0 Å². The Labute approximate surface area is 183 Å². The van der Waals surface area contributed by atoms with Gasteiger partial charge in [-0.3, -0.25) is 14.5 Å². The Morgan fingerprint density at radius 2 is 1.94 bits per heavy atom. The summed E-state index contributed by atoms with van der Waals surface area (Å²) >= 11 is 0. The molecule has 1 amide bonds. The molecular formula is C25H31N3O3. The highest BCUT2D eigenvalue weighted by atomic mass is 16.3. The Balaban J connectivity index is 1.78. The number of benzene rings is 1. The predicted octanol–water partition coefficient (Wildman–Crippen LogP) is 2.18. The van der Waals surface area contributed by atoms with Gasteiger partial charge in [-0.15, -0.1) is 0 Å². The molecule has 0 spiro atoms. The van der Waals surface area contributed by atoms with Crippen LogP contribution in [0, 0.1) is 11.8 Å². The van der Waals surface area contributed by atoms with Crippen LogP contribution in [0.5, 0.6) is 0 Å². The van der Waals surface area contributed by atoms with E-state index in [0.717, 1.165) is 18.7 Å². The first-order valence-electron chi connectivity index (χ1n) is 11.0. The third kappa shape index (κ3) is 3.75. The van der Waals surface area contributed by atoms with Crippen molar-refractivity contribution in [2.24, 2.45) is 11.8 Å². The largest absolute Gasteiger partial charge is 0.396 e. The van der Waals surface area contributed by atoms with Crippen molar-refractivity contribution >= 4 is 12.0 Å². The number of carbonyl (C=O) groups excluding carboxylic acids is 1. The van der Waals surface area contributed by atoms with Crippen LogP contribution < -0.4 is 5.56 Å². The number of fused-ring (bicyclic) bond motifs is 4. The van der Waals surface area contributed by atoms with Crippen molar-refractivity contribution < 1.29 is 9.90 Å². The van der Waals surface area contributed by atoms with E-state index in [4.69, 9.17) is 0 Å². The summed E-state index contributed by atoms with van der Waals surface area (Å²) in [6.07, 6.45) is 4.54. The van der Waals surface area contributed by atoms with Gasteiger partial charge in [-0.2, -0.15) is 0 Å². The highest BCUT2D eigenvalue weighted by molar-refractivity contribution is 5.80. The van der Waals surface area contributed by atoms with Crippen LogP contribution in [0.3, 0.4) is 0 Å². The fourth-order valence-electron chi connectivity index (χ4n) is 5.34. The van der Waals surface area contributed by atoms with Gasteiger partial charge in [-0.25, -0.2) is 0 Å². The van der Waals surface area contributed by atoms with Gasteiger partial charge in [-0.05, 0) is 31.0 Å². The molecule has 1 fully saturated rings. The minimum atomic E-state index is -0.374. The fourth-order valence-corrected chi connectivity index (χ4v) is 5.34. The van der Waals surface area contributed by atoms with Gasteiger partial charge in [0, 0.05) is 57.0 Å². The van der Waals surface area contributed by atoms with Gasteiger partial charge in [0.1, 0.15) is 0 Å². The quantitative estimate of drug-likeness (QED) is 0.777. The van der Waals surface area contributed by atoms with Crippen molar-refractivity contribution in [3.8, 4) is 0 Å². The second kappa shape index (κ2) is 8.81. The van der Waals surface area contributed by atoms with Crippen LogP contribution in [0.4, 0.5) is 0 Å². The van der Waals surface area contributed by atoms with Crippen LogP contribution >= 0.6 is 0 Å². The summed E-state index contributed by atoms with van der Waals surface area (Å²) in [7, 11) is 3.52. The Morgan fingerprint density at radius 3 is 2.58 bits per heavy atom. The van der Waals surface area contributed by atoms with E-state index < -0.39 is 0 Å². The number of rotatable bonds is 6. The number of carbonyl (C=O) groups is 1. The standard InChI is InChI=1S/C25H31N3O3/c1-4-8-18-11-12-20-23-22(25(31)26(2)3)19(16-29)21(15-28(20)24(18)30)27(23)14-13-17-9-6-5-7-10-17/h4-12,19,21-23,29H,13-16H2,1-3H3/t19-,21-,22+,23+/m1/s1. The predicted molar refractivity (Wildman–Crippen MR) is 122 cm³/mol. The molecule has 0 aliphatic carbocycles. The van der Waals surface area contributed by atoms with Crippen molar-refractivity contribution in [3.05, 3.63) is 75.7 Å². The zero-order valence-electron chi connectivity index (χ0n) is 18.4. The zero-order chi connectivity index (χ0) is 22.1. The maximum atomic E-state index is 13.2. The molecule has 3 heterocycles. The summed E-state index contributed by atoms with van der Waals surface area (Å²) in [6, 6.07) is 13.9. The fraction of sp³-hybridized carbons (Fsp3) is 0.440. The van der Waals surface area contributed by atoms with Gasteiger partial charge in [-0.1, -0.05) is 42.5 Å². The summed E-state index contributed by atoms with van der Waals surface area (Å²) in [4.78, 5) is 30.3. The van der Waals surface area contributed by atoms with Crippen molar-refractivity contribution in [1.29, 1.82) is 0 Å². The first kappa shape index (κ1) is 21.5. The number of aliphatic hydroxyl groups is 1. The Kier molecular flexibility index (Phi) is 6.12. The van der Waals surface area contributed by atoms with Gasteiger partial charge < -0.3 is 14.6 Å². The van der Waals surface area contributed by atoms with Crippen LogP contribution in [-0.2, 0) is 17.8 Å². The van der Waals surface area contributed by atoms with E-state index in [1.165, 1.54) is 5.56 Å². The number of aromatic nitrogens is 1. The van der Waals surface area contributed by atoms with E-state index in [2.05, 4.69) is 17.0 Å². The first-order valence-corrected chi connectivity index (χ1v) is 11.0. The van der Waals surface area contributed by atoms with Gasteiger partial charge in [0.15, 0.2) is 0 Å². The maximum Gasteiger partial charge on any atom is 0.258 e. The van der Waals surface area contributed by atoms with Gasteiger partial charge in [0.05, 0.1) is 12.0 Å². The van der Waals surface area contributed by atoms with Crippen LogP contribution in [-0.4, -0.2) is 58.7 Å². The molecule has 1 aromatic carbocycles. The number of pyridine rings is 1. The number of nitrogens with zero attached hydrogens (tertiary/aromatic N) is 3. The summed E-state index contributed by atoms with van der Waals surface area (Å²) in [5, 5.41) is 10.3. The lowest BCUT2D eigenvalue weighted by Crippen LogP contribution is -2.47. The summed E-state index contributed by atoms with van der Waals surface area (Å²) in [6.45, 7) is 3.09. The van der Waals surface area contributed by atoms with E-state index >= 15 is 0 Å². The molecule has 1 N–H and O–H groups in total. The molecule has 4 rings (SSSR count).